The molecule has 0 saturated carbocycles. The second-order valence-electron chi connectivity index (χ2n) is 5.39. The largest absolute Gasteiger partial charge is 0.508 e. The van der Waals surface area contributed by atoms with Gasteiger partial charge in [-0.1, -0.05) is 12.1 Å². The van der Waals surface area contributed by atoms with Crippen LogP contribution in [0.2, 0.25) is 0 Å². The standard InChI is InChI=1S/C14H16O7/c15-8-3-1-7(2-4-8)9-5-11(17)21-13(9)14(19)12(18)10(16)6-20-14/h1-4,9-10,12-13,15-16,18-19H,5-6H2/t9-,10-,12+,13-,14+/m0/s1. The highest BCUT2D eigenvalue weighted by Gasteiger charge is 2.59. The Bertz CT molecular complexity index is 543. The maximum Gasteiger partial charge on any atom is 0.307 e. The lowest BCUT2D eigenvalue weighted by molar-refractivity contribution is -0.267. The Morgan fingerprint density at radius 1 is 1.19 bits per heavy atom. The van der Waals surface area contributed by atoms with Crippen molar-refractivity contribution in [1.82, 2.24) is 0 Å². The van der Waals surface area contributed by atoms with Gasteiger partial charge in [-0.15, -0.1) is 0 Å². The molecule has 0 unspecified atom stereocenters. The van der Waals surface area contributed by atoms with Gasteiger partial charge >= 0.3 is 5.97 Å². The Morgan fingerprint density at radius 2 is 1.86 bits per heavy atom. The SMILES string of the molecule is O=C1C[C@@H](c2ccc(O)cc2)[C@@H]([C@]2(O)OC[C@H](O)[C@H]2O)O1. The summed E-state index contributed by atoms with van der Waals surface area (Å²) in [6, 6.07) is 6.13. The zero-order valence-electron chi connectivity index (χ0n) is 11.0. The van der Waals surface area contributed by atoms with Gasteiger partial charge in [0.2, 0.25) is 5.79 Å². The first-order chi connectivity index (χ1) is 9.91. The number of phenols is 1. The monoisotopic (exact) mass is 296 g/mol. The van der Waals surface area contributed by atoms with Crippen molar-refractivity contribution in [2.24, 2.45) is 0 Å². The number of hydrogen-bond acceptors (Lipinski definition) is 7. The maximum absolute atomic E-state index is 11.6. The number of phenolic OH excluding ortho intramolecular Hbond substituents is 1. The number of carbonyl (C=O) groups excluding carboxylic acids is 1. The molecule has 21 heavy (non-hydrogen) atoms. The van der Waals surface area contributed by atoms with Crippen LogP contribution in [0.3, 0.4) is 0 Å². The topological polar surface area (TPSA) is 116 Å². The molecule has 4 N–H and O–H groups in total. The minimum absolute atomic E-state index is 0.0178. The summed E-state index contributed by atoms with van der Waals surface area (Å²) >= 11 is 0. The number of aliphatic hydroxyl groups is 3. The quantitative estimate of drug-likeness (QED) is 0.530. The summed E-state index contributed by atoms with van der Waals surface area (Å²) < 4.78 is 10.2. The van der Waals surface area contributed by atoms with Crippen LogP contribution in [0.25, 0.3) is 0 Å². The number of esters is 1. The molecule has 7 heteroatoms. The van der Waals surface area contributed by atoms with Crippen molar-refractivity contribution in [3.05, 3.63) is 29.8 Å². The Kier molecular flexibility index (Phi) is 3.37. The zero-order chi connectivity index (χ0) is 15.2. The van der Waals surface area contributed by atoms with E-state index >= 15 is 0 Å². The first-order valence-electron chi connectivity index (χ1n) is 6.62. The number of aliphatic hydroxyl groups excluding tert-OH is 2. The van der Waals surface area contributed by atoms with E-state index in [0.717, 1.165) is 0 Å². The van der Waals surface area contributed by atoms with Crippen molar-refractivity contribution in [2.45, 2.75) is 36.4 Å². The van der Waals surface area contributed by atoms with Gasteiger partial charge in [0, 0.05) is 5.92 Å². The highest BCUT2D eigenvalue weighted by atomic mass is 16.7. The van der Waals surface area contributed by atoms with E-state index < -0.39 is 36.0 Å². The lowest BCUT2D eigenvalue weighted by Gasteiger charge is -2.33. The number of benzene rings is 1. The fourth-order valence-corrected chi connectivity index (χ4v) is 2.87. The predicted molar refractivity (Wildman–Crippen MR) is 68.3 cm³/mol. The maximum atomic E-state index is 11.6. The number of ether oxygens (including phenoxy) is 2. The van der Waals surface area contributed by atoms with Crippen LogP contribution in [0, 0.1) is 0 Å². The highest BCUT2D eigenvalue weighted by molar-refractivity contribution is 5.73. The van der Waals surface area contributed by atoms with Crippen molar-refractivity contribution in [3.8, 4) is 5.75 Å². The van der Waals surface area contributed by atoms with Crippen LogP contribution in [0.5, 0.6) is 5.75 Å². The summed E-state index contributed by atoms with van der Waals surface area (Å²) in [7, 11) is 0. The molecule has 114 valence electrons. The van der Waals surface area contributed by atoms with Crippen LogP contribution >= 0.6 is 0 Å². The predicted octanol–water partition coefficient (Wildman–Crippen LogP) is -0.768. The van der Waals surface area contributed by atoms with Crippen molar-refractivity contribution in [3.63, 3.8) is 0 Å². The van der Waals surface area contributed by atoms with Gasteiger partial charge in [-0.05, 0) is 17.7 Å². The molecule has 3 rings (SSSR count). The molecule has 2 fully saturated rings. The van der Waals surface area contributed by atoms with Gasteiger partial charge in [0.25, 0.3) is 0 Å². The fraction of sp³-hybridized carbons (Fsp3) is 0.500. The molecule has 2 aliphatic heterocycles. The molecule has 2 aliphatic rings. The van der Waals surface area contributed by atoms with Crippen LogP contribution in [0.4, 0.5) is 0 Å². The molecule has 2 saturated heterocycles. The Labute approximate surface area is 120 Å². The molecule has 0 bridgehead atoms. The third kappa shape index (κ3) is 2.28. The third-order valence-electron chi connectivity index (χ3n) is 4.01. The molecule has 1 aromatic rings. The Hall–Kier alpha value is -1.67. The van der Waals surface area contributed by atoms with Crippen LogP contribution in [-0.4, -0.2) is 57.1 Å². The second-order valence-corrected chi connectivity index (χ2v) is 5.39. The van der Waals surface area contributed by atoms with E-state index in [1.165, 1.54) is 12.1 Å². The summed E-state index contributed by atoms with van der Waals surface area (Å²) in [6.45, 7) is -0.242. The number of cyclic esters (lactones) is 1. The smallest absolute Gasteiger partial charge is 0.307 e. The van der Waals surface area contributed by atoms with Crippen molar-refractivity contribution in [1.29, 1.82) is 0 Å². The Balaban J connectivity index is 1.93. The fourth-order valence-electron chi connectivity index (χ4n) is 2.87. The van der Waals surface area contributed by atoms with E-state index in [0.29, 0.717) is 5.56 Å². The Morgan fingerprint density at radius 3 is 2.43 bits per heavy atom. The summed E-state index contributed by atoms with van der Waals surface area (Å²) in [5.74, 6) is -3.13. The van der Waals surface area contributed by atoms with Gasteiger partial charge < -0.3 is 29.9 Å². The highest BCUT2D eigenvalue weighted by Crippen LogP contribution is 2.42. The van der Waals surface area contributed by atoms with E-state index in [-0.39, 0.29) is 18.8 Å². The average molecular weight is 296 g/mol. The molecular formula is C14H16O7. The molecule has 0 aromatic heterocycles. The number of hydrogen-bond donors (Lipinski definition) is 4. The van der Waals surface area contributed by atoms with E-state index in [4.69, 9.17) is 9.47 Å². The first kappa shape index (κ1) is 14.3. The molecule has 7 nitrogen and oxygen atoms in total. The first-order valence-corrected chi connectivity index (χ1v) is 6.62. The van der Waals surface area contributed by atoms with E-state index in [1.807, 2.05) is 0 Å². The van der Waals surface area contributed by atoms with Crippen LogP contribution < -0.4 is 0 Å². The van der Waals surface area contributed by atoms with Crippen LogP contribution in [0.15, 0.2) is 24.3 Å². The minimum Gasteiger partial charge on any atom is -0.508 e. The minimum atomic E-state index is -2.14. The summed E-state index contributed by atoms with van der Waals surface area (Å²) in [6.07, 6.45) is -3.91. The second kappa shape index (κ2) is 4.96. The normalized spacial score (nSPS) is 39.5. The van der Waals surface area contributed by atoms with Gasteiger partial charge in [0.05, 0.1) is 13.0 Å². The molecule has 0 amide bonds. The van der Waals surface area contributed by atoms with Gasteiger partial charge in [-0.2, -0.15) is 0 Å². The summed E-state index contributed by atoms with van der Waals surface area (Å²) in [4.78, 5) is 11.6. The lowest BCUT2D eigenvalue weighted by atomic mass is 9.86. The van der Waals surface area contributed by atoms with Crippen molar-refractivity contribution >= 4 is 5.97 Å². The third-order valence-corrected chi connectivity index (χ3v) is 4.01. The van der Waals surface area contributed by atoms with Gasteiger partial charge in [0.1, 0.15) is 18.0 Å². The molecule has 2 heterocycles. The van der Waals surface area contributed by atoms with Crippen LogP contribution in [0.1, 0.15) is 17.9 Å². The molecule has 5 atom stereocenters. The van der Waals surface area contributed by atoms with Gasteiger partial charge in [-0.3, -0.25) is 4.79 Å². The van der Waals surface area contributed by atoms with E-state index in [9.17, 15) is 25.2 Å². The molecular weight excluding hydrogens is 280 g/mol. The number of aromatic hydroxyl groups is 1. The summed E-state index contributed by atoms with van der Waals surface area (Å²) in [5.41, 5.74) is 0.661. The molecule has 0 radical (unpaired) electrons. The van der Waals surface area contributed by atoms with Crippen molar-refractivity contribution < 1.29 is 34.7 Å². The average Bonchev–Trinajstić information content (AvgIpc) is 2.97. The molecule has 0 aliphatic carbocycles. The molecule has 0 spiro atoms. The molecule has 1 aromatic carbocycles. The van der Waals surface area contributed by atoms with E-state index in [1.54, 1.807) is 12.1 Å². The van der Waals surface area contributed by atoms with Crippen LogP contribution in [-0.2, 0) is 14.3 Å². The van der Waals surface area contributed by atoms with E-state index in [2.05, 4.69) is 0 Å². The van der Waals surface area contributed by atoms with Gasteiger partial charge in [0.15, 0.2) is 6.10 Å². The number of rotatable bonds is 2. The zero-order valence-corrected chi connectivity index (χ0v) is 11.0. The number of carbonyl (C=O) groups is 1. The lowest BCUT2D eigenvalue weighted by Crippen LogP contribution is -2.54. The van der Waals surface area contributed by atoms with Gasteiger partial charge in [-0.25, -0.2) is 0 Å². The van der Waals surface area contributed by atoms with Crippen molar-refractivity contribution in [2.75, 3.05) is 6.61 Å². The summed E-state index contributed by atoms with van der Waals surface area (Å²) in [5, 5.41) is 39.2.